The van der Waals surface area contributed by atoms with E-state index in [1.165, 1.54) is 0 Å². The summed E-state index contributed by atoms with van der Waals surface area (Å²) in [6, 6.07) is 34.8. The van der Waals surface area contributed by atoms with Crippen LogP contribution >= 0.6 is 0 Å². The summed E-state index contributed by atoms with van der Waals surface area (Å²) in [5.41, 5.74) is 5.42. The first-order chi connectivity index (χ1) is 20.0. The predicted molar refractivity (Wildman–Crippen MR) is 161 cm³/mol. The van der Waals surface area contributed by atoms with Crippen molar-refractivity contribution < 1.29 is 14.3 Å². The molecule has 0 aliphatic rings. The number of hydrogen-bond acceptors (Lipinski definition) is 4. The van der Waals surface area contributed by atoms with Crippen LogP contribution in [0.4, 0.5) is 5.95 Å². The predicted octanol–water partition coefficient (Wildman–Crippen LogP) is 6.07. The number of nitrogens with zero attached hydrogens (tertiary/aromatic N) is 3. The van der Waals surface area contributed by atoms with E-state index in [-0.39, 0.29) is 24.8 Å². The van der Waals surface area contributed by atoms with Crippen molar-refractivity contribution in [2.24, 2.45) is 0 Å². The van der Waals surface area contributed by atoms with Crippen LogP contribution in [0.15, 0.2) is 115 Å². The lowest BCUT2D eigenvalue weighted by Crippen LogP contribution is -2.38. The molecule has 7 heteroatoms. The summed E-state index contributed by atoms with van der Waals surface area (Å²) in [4.78, 5) is 33.2. The Labute approximate surface area is 240 Å². The Morgan fingerprint density at radius 1 is 0.829 bits per heavy atom. The molecule has 0 aliphatic heterocycles. The third-order valence-electron chi connectivity index (χ3n) is 6.76. The van der Waals surface area contributed by atoms with Crippen molar-refractivity contribution in [3.8, 4) is 22.7 Å². The molecule has 7 nitrogen and oxygen atoms in total. The van der Waals surface area contributed by atoms with Crippen molar-refractivity contribution in [2.75, 3.05) is 19.0 Å². The fourth-order valence-electron chi connectivity index (χ4n) is 4.53. The number of methoxy groups -OCH3 is 1. The summed E-state index contributed by atoms with van der Waals surface area (Å²) in [5.74, 6) is 0.664. The van der Waals surface area contributed by atoms with Crippen molar-refractivity contribution >= 4 is 17.8 Å². The summed E-state index contributed by atoms with van der Waals surface area (Å²) in [5, 5.41) is 2.97. The molecule has 1 heterocycles. The molecule has 5 rings (SSSR count). The van der Waals surface area contributed by atoms with Crippen LogP contribution in [-0.4, -0.2) is 39.9 Å². The van der Waals surface area contributed by atoms with Crippen LogP contribution in [0.25, 0.3) is 16.9 Å². The molecule has 0 unspecified atom stereocenters. The fourth-order valence-corrected chi connectivity index (χ4v) is 4.53. The number of hydrogen-bond donors (Lipinski definition) is 1. The molecule has 4 aromatic carbocycles. The van der Waals surface area contributed by atoms with Gasteiger partial charge in [-0.05, 0) is 54.4 Å². The normalized spacial score (nSPS) is 10.7. The van der Waals surface area contributed by atoms with Crippen LogP contribution < -0.4 is 10.1 Å². The Bertz CT molecular complexity index is 1600. The minimum Gasteiger partial charge on any atom is -0.497 e. The molecule has 0 radical (unpaired) electrons. The highest BCUT2D eigenvalue weighted by molar-refractivity contribution is 5.94. The van der Waals surface area contributed by atoms with E-state index in [0.29, 0.717) is 18.2 Å². The summed E-state index contributed by atoms with van der Waals surface area (Å²) in [6.07, 6.45) is 2.10. The van der Waals surface area contributed by atoms with E-state index in [1.54, 1.807) is 12.0 Å². The Balaban J connectivity index is 1.41. The van der Waals surface area contributed by atoms with E-state index < -0.39 is 0 Å². The average Bonchev–Trinajstić information content (AvgIpc) is 3.41. The van der Waals surface area contributed by atoms with Crippen LogP contribution in [0.3, 0.4) is 0 Å². The summed E-state index contributed by atoms with van der Waals surface area (Å²) in [7, 11) is 1.63. The highest BCUT2D eigenvalue weighted by Crippen LogP contribution is 2.26. The van der Waals surface area contributed by atoms with E-state index in [2.05, 4.69) is 5.32 Å². The molecule has 0 saturated carbocycles. The van der Waals surface area contributed by atoms with Crippen LogP contribution in [0.1, 0.15) is 16.7 Å². The van der Waals surface area contributed by atoms with Gasteiger partial charge in [0.05, 0.1) is 19.2 Å². The number of carbonyl (C=O) groups is 2. The average molecular weight is 545 g/mol. The number of nitrogens with one attached hydrogen (secondary N) is 1. The van der Waals surface area contributed by atoms with Crippen molar-refractivity contribution in [3.63, 3.8) is 0 Å². The third kappa shape index (κ3) is 7.08. The molecule has 0 saturated heterocycles. The minimum absolute atomic E-state index is 0.112. The van der Waals surface area contributed by atoms with Gasteiger partial charge in [0.15, 0.2) is 0 Å². The Hall–Kier alpha value is -5.17. The van der Waals surface area contributed by atoms with Gasteiger partial charge in [0.2, 0.25) is 17.8 Å². The highest BCUT2D eigenvalue weighted by atomic mass is 16.5. The van der Waals surface area contributed by atoms with Gasteiger partial charge in [-0.15, -0.1) is 0 Å². The monoisotopic (exact) mass is 544 g/mol. The SMILES string of the molecule is COc1ccc(-c2cn(-c3ccc(C)cc3)c(NC(=O)CN(Cc3ccccc3)C(=O)Cc3ccccc3)n2)cc1. The second-order valence-electron chi connectivity index (χ2n) is 9.83. The maximum atomic E-state index is 13.5. The molecular weight excluding hydrogens is 512 g/mol. The maximum Gasteiger partial charge on any atom is 0.246 e. The zero-order chi connectivity index (χ0) is 28.6. The number of benzene rings is 4. The molecule has 206 valence electrons. The minimum atomic E-state index is -0.331. The van der Waals surface area contributed by atoms with Crippen LogP contribution in [0.2, 0.25) is 0 Å². The van der Waals surface area contributed by atoms with Gasteiger partial charge in [-0.2, -0.15) is 0 Å². The molecular formula is C34H32N4O3. The van der Waals surface area contributed by atoms with Gasteiger partial charge >= 0.3 is 0 Å². The summed E-state index contributed by atoms with van der Waals surface area (Å²) in [6.45, 7) is 2.24. The number of carbonyl (C=O) groups excluding carboxylic acids is 2. The van der Waals surface area contributed by atoms with Crippen molar-refractivity contribution in [1.29, 1.82) is 0 Å². The van der Waals surface area contributed by atoms with Crippen molar-refractivity contribution in [3.05, 3.63) is 132 Å². The van der Waals surface area contributed by atoms with Crippen molar-refractivity contribution in [2.45, 2.75) is 19.9 Å². The topological polar surface area (TPSA) is 76.5 Å². The number of rotatable bonds is 10. The Morgan fingerprint density at radius 2 is 1.46 bits per heavy atom. The van der Waals surface area contributed by atoms with Gasteiger partial charge in [0.1, 0.15) is 12.3 Å². The van der Waals surface area contributed by atoms with E-state index in [4.69, 9.17) is 9.72 Å². The molecule has 0 bridgehead atoms. The molecule has 41 heavy (non-hydrogen) atoms. The first-order valence-corrected chi connectivity index (χ1v) is 13.4. The first-order valence-electron chi connectivity index (χ1n) is 13.4. The van der Waals surface area contributed by atoms with Gasteiger partial charge < -0.3 is 9.64 Å². The van der Waals surface area contributed by atoms with E-state index in [0.717, 1.165) is 33.7 Å². The largest absolute Gasteiger partial charge is 0.497 e. The molecule has 0 aliphatic carbocycles. The molecule has 1 N–H and O–H groups in total. The second-order valence-corrected chi connectivity index (χ2v) is 9.83. The number of anilines is 1. The molecule has 5 aromatic rings. The zero-order valence-corrected chi connectivity index (χ0v) is 23.2. The highest BCUT2D eigenvalue weighted by Gasteiger charge is 2.20. The lowest BCUT2D eigenvalue weighted by molar-refractivity contribution is -0.134. The molecule has 0 fully saturated rings. The summed E-state index contributed by atoms with van der Waals surface area (Å²) < 4.78 is 7.14. The summed E-state index contributed by atoms with van der Waals surface area (Å²) >= 11 is 0. The van der Waals surface area contributed by atoms with Crippen LogP contribution in [0.5, 0.6) is 5.75 Å². The lowest BCUT2D eigenvalue weighted by atomic mass is 10.1. The number of imidazole rings is 1. The molecule has 0 atom stereocenters. The van der Waals surface area contributed by atoms with Crippen LogP contribution in [-0.2, 0) is 22.6 Å². The molecule has 1 aromatic heterocycles. The Kier molecular flexibility index (Phi) is 8.55. The van der Waals surface area contributed by atoms with Gasteiger partial charge in [0.25, 0.3) is 0 Å². The third-order valence-corrected chi connectivity index (χ3v) is 6.76. The van der Waals surface area contributed by atoms with Gasteiger partial charge in [-0.3, -0.25) is 19.5 Å². The fraction of sp³-hybridized carbons (Fsp3) is 0.147. The van der Waals surface area contributed by atoms with Crippen molar-refractivity contribution in [1.82, 2.24) is 14.5 Å². The smallest absolute Gasteiger partial charge is 0.246 e. The zero-order valence-electron chi connectivity index (χ0n) is 23.2. The number of aromatic nitrogens is 2. The second kappa shape index (κ2) is 12.8. The Morgan fingerprint density at radius 3 is 2.10 bits per heavy atom. The van der Waals surface area contributed by atoms with Gasteiger partial charge in [-0.1, -0.05) is 78.4 Å². The van der Waals surface area contributed by atoms with E-state index in [9.17, 15) is 9.59 Å². The van der Waals surface area contributed by atoms with Gasteiger partial charge in [0, 0.05) is 24.0 Å². The van der Waals surface area contributed by atoms with E-state index in [1.807, 2.05) is 127 Å². The first kappa shape index (κ1) is 27.4. The number of amides is 2. The standard InChI is InChI=1S/C34H32N4O3/c1-25-13-17-29(18-14-25)38-23-31(28-15-19-30(41-2)20-16-28)35-34(38)36-32(39)24-37(22-27-11-7-4-8-12-27)33(40)21-26-9-5-3-6-10-26/h3-20,23H,21-22,24H2,1-2H3,(H,35,36,39). The number of ether oxygens (including phenoxy) is 1. The lowest BCUT2D eigenvalue weighted by Gasteiger charge is -2.22. The molecule has 2 amide bonds. The van der Waals surface area contributed by atoms with Crippen LogP contribution in [0, 0.1) is 6.92 Å². The van der Waals surface area contributed by atoms with Gasteiger partial charge in [-0.25, -0.2) is 4.98 Å². The quantitative estimate of drug-likeness (QED) is 0.232. The number of aryl methyl sites for hydroxylation is 1. The van der Waals surface area contributed by atoms with E-state index >= 15 is 0 Å². The maximum absolute atomic E-state index is 13.5. The molecule has 0 spiro atoms.